The number of benzene rings is 3. The van der Waals surface area contributed by atoms with Crippen molar-refractivity contribution in [2.45, 2.75) is 25.2 Å². The number of hydrogen-bond donors (Lipinski definition) is 2. The van der Waals surface area contributed by atoms with Gasteiger partial charge in [0.1, 0.15) is 5.75 Å². The Kier molecular flexibility index (Phi) is 7.20. The van der Waals surface area contributed by atoms with Gasteiger partial charge in [-0.05, 0) is 54.8 Å². The number of nitrogens with one attached hydrogen (secondary N) is 2. The van der Waals surface area contributed by atoms with E-state index in [9.17, 15) is 13.2 Å². The van der Waals surface area contributed by atoms with Crippen LogP contribution in [0.4, 0.5) is 11.4 Å². The van der Waals surface area contributed by atoms with Crippen LogP contribution in [0.3, 0.4) is 0 Å². The molecule has 3 rings (SSSR count). The molecule has 0 bridgehead atoms. The molecule has 162 valence electrons. The van der Waals surface area contributed by atoms with E-state index in [0.717, 1.165) is 23.2 Å². The van der Waals surface area contributed by atoms with E-state index in [-0.39, 0.29) is 28.2 Å². The van der Waals surface area contributed by atoms with Crippen molar-refractivity contribution in [1.82, 2.24) is 0 Å². The zero-order chi connectivity index (χ0) is 22.4. The number of halogens is 1. The number of carbonyl (C=O) groups excluding carboxylic acids is 1. The predicted octanol–water partition coefficient (Wildman–Crippen LogP) is 5.03. The molecule has 2 N–H and O–H groups in total. The highest BCUT2D eigenvalue weighted by molar-refractivity contribution is 7.92. The third-order valence-electron chi connectivity index (χ3n) is 4.60. The van der Waals surface area contributed by atoms with Gasteiger partial charge in [0.15, 0.2) is 6.61 Å². The van der Waals surface area contributed by atoms with Crippen molar-refractivity contribution >= 4 is 38.9 Å². The molecule has 0 saturated carbocycles. The van der Waals surface area contributed by atoms with Crippen molar-refractivity contribution < 1.29 is 17.9 Å². The van der Waals surface area contributed by atoms with E-state index in [1.807, 2.05) is 32.0 Å². The van der Waals surface area contributed by atoms with Gasteiger partial charge in [-0.2, -0.15) is 0 Å². The number of rotatable bonds is 8. The summed E-state index contributed by atoms with van der Waals surface area (Å²) in [5.41, 5.74) is 3.22. The second-order valence-electron chi connectivity index (χ2n) is 6.86. The normalized spacial score (nSPS) is 11.1. The van der Waals surface area contributed by atoms with Crippen molar-refractivity contribution in [3.05, 3.63) is 82.9 Å². The van der Waals surface area contributed by atoms with Crippen LogP contribution in [0.25, 0.3) is 0 Å². The Labute approximate surface area is 187 Å². The average Bonchev–Trinajstić information content (AvgIpc) is 2.74. The van der Waals surface area contributed by atoms with Gasteiger partial charge in [-0.1, -0.05) is 54.9 Å². The van der Waals surface area contributed by atoms with Crippen molar-refractivity contribution in [3.63, 3.8) is 0 Å². The topological polar surface area (TPSA) is 84.5 Å². The highest BCUT2D eigenvalue weighted by Crippen LogP contribution is 2.28. The van der Waals surface area contributed by atoms with Crippen LogP contribution in [0, 0.1) is 6.92 Å². The zero-order valence-corrected chi connectivity index (χ0v) is 18.8. The lowest BCUT2D eigenvalue weighted by atomic mass is 10.1. The fraction of sp³-hybridized carbons (Fsp3) is 0.174. The van der Waals surface area contributed by atoms with E-state index in [2.05, 4.69) is 10.0 Å². The third-order valence-corrected chi connectivity index (χ3v) is 6.28. The molecule has 0 fully saturated rings. The van der Waals surface area contributed by atoms with Crippen LogP contribution in [-0.2, 0) is 21.2 Å². The molecule has 0 unspecified atom stereocenters. The number of sulfonamides is 1. The molecule has 0 spiro atoms. The lowest BCUT2D eigenvalue weighted by Crippen LogP contribution is -2.21. The molecule has 0 saturated heterocycles. The summed E-state index contributed by atoms with van der Waals surface area (Å²) in [6, 6.07) is 18.5. The van der Waals surface area contributed by atoms with E-state index >= 15 is 0 Å². The monoisotopic (exact) mass is 458 g/mol. The smallest absolute Gasteiger partial charge is 0.262 e. The summed E-state index contributed by atoms with van der Waals surface area (Å²) >= 11 is 6.21. The van der Waals surface area contributed by atoms with Crippen LogP contribution in [0.15, 0.2) is 71.6 Å². The van der Waals surface area contributed by atoms with Crippen LogP contribution < -0.4 is 14.8 Å². The van der Waals surface area contributed by atoms with Crippen LogP contribution in [0.1, 0.15) is 18.1 Å². The van der Waals surface area contributed by atoms with Gasteiger partial charge in [0.2, 0.25) is 0 Å². The maximum Gasteiger partial charge on any atom is 0.262 e. The molecule has 0 aliphatic heterocycles. The van der Waals surface area contributed by atoms with Gasteiger partial charge in [-0.3, -0.25) is 9.52 Å². The van der Waals surface area contributed by atoms with Crippen molar-refractivity contribution in [2.24, 2.45) is 0 Å². The lowest BCUT2D eigenvalue weighted by molar-refractivity contribution is -0.118. The average molecular weight is 459 g/mol. The van der Waals surface area contributed by atoms with E-state index in [0.29, 0.717) is 5.69 Å². The van der Waals surface area contributed by atoms with Gasteiger partial charge in [-0.15, -0.1) is 0 Å². The molecule has 0 aliphatic carbocycles. The first-order chi connectivity index (χ1) is 14.8. The number of carbonyl (C=O) groups is 1. The standard InChI is InChI=1S/C23H23ClN2O4S/c1-3-17-9-7-8-16(2)23(17)25-22(27)15-30-21-13-12-19(14-20(21)24)31(28,29)26-18-10-5-4-6-11-18/h4-14,26H,3,15H2,1-2H3,(H,25,27). The second-order valence-corrected chi connectivity index (χ2v) is 8.95. The van der Waals surface area contributed by atoms with E-state index in [1.54, 1.807) is 30.3 Å². The van der Waals surface area contributed by atoms with Gasteiger partial charge in [0.25, 0.3) is 15.9 Å². The first-order valence-corrected chi connectivity index (χ1v) is 11.5. The summed E-state index contributed by atoms with van der Waals surface area (Å²) in [5.74, 6) is -0.113. The number of anilines is 2. The van der Waals surface area contributed by atoms with Gasteiger partial charge >= 0.3 is 0 Å². The molecule has 1 amide bonds. The molecule has 3 aromatic rings. The Morgan fingerprint density at radius 2 is 1.77 bits per heavy atom. The molecule has 0 aliphatic rings. The van der Waals surface area contributed by atoms with Crippen LogP contribution in [-0.4, -0.2) is 20.9 Å². The van der Waals surface area contributed by atoms with Crippen molar-refractivity contribution in [1.29, 1.82) is 0 Å². The fourth-order valence-corrected chi connectivity index (χ4v) is 4.39. The molecule has 31 heavy (non-hydrogen) atoms. The molecule has 8 heteroatoms. The summed E-state index contributed by atoms with van der Waals surface area (Å²) in [5, 5.41) is 2.96. The van der Waals surface area contributed by atoms with Crippen molar-refractivity contribution in [2.75, 3.05) is 16.6 Å². The molecular weight excluding hydrogens is 436 g/mol. The summed E-state index contributed by atoms with van der Waals surface area (Å²) in [6.45, 7) is 3.68. The molecule has 0 aromatic heterocycles. The predicted molar refractivity (Wildman–Crippen MR) is 123 cm³/mol. The molecular formula is C23H23ClN2O4S. The summed E-state index contributed by atoms with van der Waals surface area (Å²) in [7, 11) is -3.81. The Morgan fingerprint density at radius 3 is 2.45 bits per heavy atom. The molecule has 3 aromatic carbocycles. The molecule has 0 radical (unpaired) electrons. The number of amides is 1. The maximum absolute atomic E-state index is 12.6. The number of ether oxygens (including phenoxy) is 1. The summed E-state index contributed by atoms with van der Waals surface area (Å²) in [6.07, 6.45) is 0.789. The van der Waals surface area contributed by atoms with E-state index in [4.69, 9.17) is 16.3 Å². The number of para-hydroxylation sites is 2. The minimum Gasteiger partial charge on any atom is -0.482 e. The molecule has 6 nitrogen and oxygen atoms in total. The van der Waals surface area contributed by atoms with Crippen LogP contribution in [0.5, 0.6) is 5.75 Å². The first-order valence-electron chi connectivity index (χ1n) is 9.68. The van der Waals surface area contributed by atoms with E-state index < -0.39 is 10.0 Å². The van der Waals surface area contributed by atoms with Gasteiger partial charge in [0, 0.05) is 11.4 Å². The highest BCUT2D eigenvalue weighted by atomic mass is 35.5. The van der Waals surface area contributed by atoms with E-state index in [1.165, 1.54) is 18.2 Å². The van der Waals surface area contributed by atoms with Gasteiger partial charge < -0.3 is 10.1 Å². The van der Waals surface area contributed by atoms with Crippen LogP contribution >= 0.6 is 11.6 Å². The third kappa shape index (κ3) is 5.77. The quantitative estimate of drug-likeness (QED) is 0.495. The lowest BCUT2D eigenvalue weighted by Gasteiger charge is -2.14. The molecule has 0 heterocycles. The summed E-state index contributed by atoms with van der Waals surface area (Å²) < 4.78 is 33.1. The zero-order valence-electron chi connectivity index (χ0n) is 17.2. The number of hydrogen-bond acceptors (Lipinski definition) is 4. The Balaban J connectivity index is 1.66. The second kappa shape index (κ2) is 9.85. The van der Waals surface area contributed by atoms with Crippen molar-refractivity contribution in [3.8, 4) is 5.75 Å². The Morgan fingerprint density at radius 1 is 1.03 bits per heavy atom. The highest BCUT2D eigenvalue weighted by Gasteiger charge is 2.17. The largest absolute Gasteiger partial charge is 0.482 e. The fourth-order valence-electron chi connectivity index (χ4n) is 3.01. The summed E-state index contributed by atoms with van der Waals surface area (Å²) in [4.78, 5) is 12.4. The number of aryl methyl sites for hydroxylation is 2. The first kappa shape index (κ1) is 22.7. The minimum atomic E-state index is -3.81. The Bertz CT molecular complexity index is 1180. The Hall–Kier alpha value is -3.03. The minimum absolute atomic E-state index is 0.00866. The van der Waals surface area contributed by atoms with Gasteiger partial charge in [-0.25, -0.2) is 8.42 Å². The van der Waals surface area contributed by atoms with Crippen LogP contribution in [0.2, 0.25) is 5.02 Å². The molecule has 0 atom stereocenters. The van der Waals surface area contributed by atoms with Gasteiger partial charge in [0.05, 0.1) is 9.92 Å². The SMILES string of the molecule is CCc1cccc(C)c1NC(=O)COc1ccc(S(=O)(=O)Nc2ccccc2)cc1Cl. The maximum atomic E-state index is 12.6.